The lowest BCUT2D eigenvalue weighted by atomic mass is 9.97. The number of aliphatic carboxylic acids is 2. The van der Waals surface area contributed by atoms with E-state index in [4.69, 9.17) is 10.2 Å². The first-order chi connectivity index (χ1) is 5.83. The second-order valence-electron chi connectivity index (χ2n) is 3.15. The molecule has 0 aliphatic heterocycles. The van der Waals surface area contributed by atoms with Gasteiger partial charge in [0.1, 0.15) is 0 Å². The summed E-state index contributed by atoms with van der Waals surface area (Å²) >= 11 is 0. The largest absolute Gasteiger partial charge is 0.481 e. The summed E-state index contributed by atoms with van der Waals surface area (Å²) in [6.07, 6.45) is -1.75. The maximum absolute atomic E-state index is 12.6. The molecular formula is C7H8F2O4. The molecule has 0 unspecified atom stereocenters. The van der Waals surface area contributed by atoms with Crippen LogP contribution in [0.2, 0.25) is 0 Å². The first-order valence-electron chi connectivity index (χ1n) is 3.67. The van der Waals surface area contributed by atoms with Crippen LogP contribution in [0.4, 0.5) is 8.78 Å². The van der Waals surface area contributed by atoms with Crippen LogP contribution in [-0.4, -0.2) is 28.1 Å². The van der Waals surface area contributed by atoms with E-state index in [1.165, 1.54) is 0 Å². The Morgan fingerprint density at radius 3 is 1.62 bits per heavy atom. The third-order valence-corrected chi connectivity index (χ3v) is 2.16. The van der Waals surface area contributed by atoms with Crippen molar-refractivity contribution in [1.29, 1.82) is 0 Å². The van der Waals surface area contributed by atoms with Gasteiger partial charge in [-0.25, -0.2) is 8.78 Å². The first kappa shape index (κ1) is 9.88. The molecule has 0 aromatic rings. The van der Waals surface area contributed by atoms with E-state index in [9.17, 15) is 18.4 Å². The zero-order valence-electron chi connectivity index (χ0n) is 6.54. The Balaban J connectivity index is 2.83. The Bertz CT molecular complexity index is 227. The van der Waals surface area contributed by atoms with Crippen molar-refractivity contribution in [2.24, 2.45) is 11.8 Å². The minimum absolute atomic E-state index is 0.876. The Labute approximate surface area is 72.2 Å². The van der Waals surface area contributed by atoms with Crippen molar-refractivity contribution >= 4 is 11.9 Å². The van der Waals surface area contributed by atoms with Gasteiger partial charge in [-0.15, -0.1) is 0 Å². The highest BCUT2D eigenvalue weighted by molar-refractivity contribution is 5.80. The lowest BCUT2D eigenvalue weighted by Crippen LogP contribution is -2.24. The van der Waals surface area contributed by atoms with E-state index >= 15 is 0 Å². The average molecular weight is 194 g/mol. The normalized spacial score (nSPS) is 31.5. The fraction of sp³-hybridized carbons (Fsp3) is 0.714. The molecule has 0 saturated heterocycles. The summed E-state index contributed by atoms with van der Waals surface area (Å²) in [7, 11) is 0. The van der Waals surface area contributed by atoms with Gasteiger partial charge < -0.3 is 10.2 Å². The van der Waals surface area contributed by atoms with Gasteiger partial charge in [-0.3, -0.25) is 9.59 Å². The van der Waals surface area contributed by atoms with Crippen molar-refractivity contribution in [2.75, 3.05) is 0 Å². The molecule has 1 fully saturated rings. The fourth-order valence-electron chi connectivity index (χ4n) is 1.53. The quantitative estimate of drug-likeness (QED) is 0.682. The smallest absolute Gasteiger partial charge is 0.307 e. The second kappa shape index (κ2) is 2.93. The Hall–Kier alpha value is -1.20. The maximum Gasteiger partial charge on any atom is 0.307 e. The maximum atomic E-state index is 12.6. The molecule has 0 spiro atoms. The van der Waals surface area contributed by atoms with E-state index in [1.807, 2.05) is 0 Å². The van der Waals surface area contributed by atoms with Crippen molar-refractivity contribution in [3.05, 3.63) is 0 Å². The number of hydrogen-bond acceptors (Lipinski definition) is 2. The van der Waals surface area contributed by atoms with E-state index < -0.39 is 42.5 Å². The molecule has 2 atom stereocenters. The zero-order chi connectivity index (χ0) is 10.2. The SMILES string of the molecule is O=C(O)[C@@H]1CC(F)(F)C[C@H]1C(=O)O. The molecule has 13 heavy (non-hydrogen) atoms. The molecule has 0 radical (unpaired) electrons. The summed E-state index contributed by atoms with van der Waals surface area (Å²) in [6.45, 7) is 0. The summed E-state index contributed by atoms with van der Waals surface area (Å²) < 4.78 is 25.3. The van der Waals surface area contributed by atoms with Crippen LogP contribution in [0.1, 0.15) is 12.8 Å². The molecular weight excluding hydrogens is 186 g/mol. The highest BCUT2D eigenvalue weighted by Crippen LogP contribution is 2.43. The topological polar surface area (TPSA) is 74.6 Å². The molecule has 2 N–H and O–H groups in total. The van der Waals surface area contributed by atoms with Gasteiger partial charge in [0.15, 0.2) is 0 Å². The zero-order valence-corrected chi connectivity index (χ0v) is 6.54. The molecule has 1 saturated carbocycles. The highest BCUT2D eigenvalue weighted by atomic mass is 19.3. The molecule has 1 aliphatic rings. The molecule has 0 heterocycles. The fourth-order valence-corrected chi connectivity index (χ4v) is 1.53. The predicted molar refractivity (Wildman–Crippen MR) is 36.4 cm³/mol. The highest BCUT2D eigenvalue weighted by Gasteiger charge is 2.52. The predicted octanol–water partition coefficient (Wildman–Crippen LogP) is 0.817. The van der Waals surface area contributed by atoms with Crippen LogP contribution in [0.3, 0.4) is 0 Å². The number of carboxylic acid groups (broad SMARTS) is 2. The number of alkyl halides is 2. The molecule has 1 rings (SSSR count). The molecule has 4 nitrogen and oxygen atoms in total. The van der Waals surface area contributed by atoms with E-state index in [0.29, 0.717) is 0 Å². The monoisotopic (exact) mass is 194 g/mol. The van der Waals surface area contributed by atoms with E-state index in [2.05, 4.69) is 0 Å². The first-order valence-corrected chi connectivity index (χ1v) is 3.67. The van der Waals surface area contributed by atoms with Crippen molar-refractivity contribution < 1.29 is 28.6 Å². The van der Waals surface area contributed by atoms with Gasteiger partial charge in [0, 0.05) is 12.8 Å². The van der Waals surface area contributed by atoms with Crippen LogP contribution >= 0.6 is 0 Å². The number of carboxylic acids is 2. The summed E-state index contributed by atoms with van der Waals surface area (Å²) in [5.41, 5.74) is 0. The average Bonchev–Trinajstić information content (AvgIpc) is 2.26. The molecule has 0 bridgehead atoms. The van der Waals surface area contributed by atoms with Crippen LogP contribution in [0.5, 0.6) is 0 Å². The molecule has 74 valence electrons. The van der Waals surface area contributed by atoms with Crippen molar-refractivity contribution in [1.82, 2.24) is 0 Å². The van der Waals surface area contributed by atoms with Gasteiger partial charge in [0.2, 0.25) is 5.92 Å². The number of carbonyl (C=O) groups is 2. The lowest BCUT2D eigenvalue weighted by Gasteiger charge is -2.07. The van der Waals surface area contributed by atoms with Gasteiger partial charge in [0.25, 0.3) is 0 Å². The minimum atomic E-state index is -3.16. The van der Waals surface area contributed by atoms with Crippen molar-refractivity contribution in [3.63, 3.8) is 0 Å². The van der Waals surface area contributed by atoms with Gasteiger partial charge in [0.05, 0.1) is 11.8 Å². The Morgan fingerprint density at radius 2 is 1.38 bits per heavy atom. The molecule has 0 amide bonds. The summed E-state index contributed by atoms with van der Waals surface area (Å²) in [5.74, 6) is -9.03. The van der Waals surface area contributed by atoms with Crippen molar-refractivity contribution in [2.45, 2.75) is 18.8 Å². The van der Waals surface area contributed by atoms with Crippen LogP contribution < -0.4 is 0 Å². The van der Waals surface area contributed by atoms with E-state index in [-0.39, 0.29) is 0 Å². The standard InChI is InChI=1S/C7H8F2O4/c8-7(9)1-3(5(10)11)4(2-7)6(12)13/h3-4H,1-2H2,(H,10,11)(H,12,13)/t3-,4-/m1/s1. The molecule has 0 aromatic heterocycles. The summed E-state index contributed by atoms with van der Waals surface area (Å²) in [5, 5.41) is 16.9. The minimum Gasteiger partial charge on any atom is -0.481 e. The van der Waals surface area contributed by atoms with E-state index in [0.717, 1.165) is 0 Å². The van der Waals surface area contributed by atoms with Crippen molar-refractivity contribution in [3.8, 4) is 0 Å². The number of hydrogen-bond donors (Lipinski definition) is 2. The summed E-state index contributed by atoms with van der Waals surface area (Å²) in [4.78, 5) is 20.8. The lowest BCUT2D eigenvalue weighted by molar-refractivity contribution is -0.152. The van der Waals surface area contributed by atoms with Crippen LogP contribution in [0, 0.1) is 11.8 Å². The Morgan fingerprint density at radius 1 is 1.08 bits per heavy atom. The molecule has 1 aliphatic carbocycles. The van der Waals surface area contributed by atoms with Gasteiger partial charge in [-0.1, -0.05) is 0 Å². The summed E-state index contributed by atoms with van der Waals surface area (Å²) in [6, 6.07) is 0. The van der Waals surface area contributed by atoms with E-state index in [1.54, 1.807) is 0 Å². The third-order valence-electron chi connectivity index (χ3n) is 2.16. The van der Waals surface area contributed by atoms with Gasteiger partial charge in [-0.2, -0.15) is 0 Å². The number of halogens is 2. The Kier molecular flexibility index (Phi) is 2.23. The third kappa shape index (κ3) is 1.93. The molecule has 0 aromatic carbocycles. The second-order valence-corrected chi connectivity index (χ2v) is 3.15. The molecule has 6 heteroatoms. The van der Waals surface area contributed by atoms with Crippen LogP contribution in [0.15, 0.2) is 0 Å². The van der Waals surface area contributed by atoms with Gasteiger partial charge >= 0.3 is 11.9 Å². The number of rotatable bonds is 2. The van der Waals surface area contributed by atoms with Gasteiger partial charge in [-0.05, 0) is 0 Å². The van der Waals surface area contributed by atoms with Crippen LogP contribution in [-0.2, 0) is 9.59 Å². The van der Waals surface area contributed by atoms with Crippen LogP contribution in [0.25, 0.3) is 0 Å².